The molecule has 0 aliphatic heterocycles. The molecule has 0 saturated carbocycles. The van der Waals surface area contributed by atoms with Crippen molar-refractivity contribution in [3.8, 4) is 5.75 Å². The summed E-state index contributed by atoms with van der Waals surface area (Å²) < 4.78 is 8.56. The molecule has 0 N–H and O–H groups in total. The number of rotatable bonds is 6. The van der Waals surface area contributed by atoms with Gasteiger partial charge >= 0.3 is 0 Å². The van der Waals surface area contributed by atoms with Crippen molar-refractivity contribution in [2.45, 2.75) is 20.3 Å². The van der Waals surface area contributed by atoms with Gasteiger partial charge in [0, 0.05) is 12.4 Å². The summed E-state index contributed by atoms with van der Waals surface area (Å²) in [7, 11) is 0. The smallest absolute Gasteiger partial charge is 0.239 e. The summed E-state index contributed by atoms with van der Waals surface area (Å²) in [6.45, 7) is 4.55. The van der Waals surface area contributed by atoms with E-state index in [0.717, 1.165) is 38.6 Å². The Morgan fingerprint density at radius 3 is 2.62 bits per heavy atom. The number of nitrogens with zero attached hydrogens (tertiary/aromatic N) is 4. The van der Waals surface area contributed by atoms with Gasteiger partial charge in [-0.25, -0.2) is 9.97 Å². The van der Waals surface area contributed by atoms with E-state index in [1.807, 2.05) is 91.3 Å². The monoisotopic (exact) mass is 442 g/mol. The van der Waals surface area contributed by atoms with Gasteiger partial charge in [0.05, 0.1) is 34.6 Å². The lowest BCUT2D eigenvalue weighted by Crippen LogP contribution is -2.27. The molecule has 0 aliphatic carbocycles. The molecule has 0 aliphatic rings. The van der Waals surface area contributed by atoms with Crippen molar-refractivity contribution >= 4 is 43.9 Å². The molecule has 0 fully saturated rings. The molecule has 0 unspecified atom stereocenters. The van der Waals surface area contributed by atoms with Gasteiger partial charge in [-0.15, -0.1) is 0 Å². The third-order valence-corrected chi connectivity index (χ3v) is 6.21. The molecule has 1 amide bonds. The molecule has 6 nitrogen and oxygen atoms in total. The van der Waals surface area contributed by atoms with Gasteiger partial charge in [-0.05, 0) is 61.9 Å². The molecule has 0 spiro atoms. The van der Waals surface area contributed by atoms with Crippen LogP contribution in [0.1, 0.15) is 18.2 Å². The van der Waals surface area contributed by atoms with Crippen LogP contribution >= 0.6 is 11.3 Å². The molecule has 0 saturated heterocycles. The van der Waals surface area contributed by atoms with E-state index in [0.29, 0.717) is 11.7 Å². The zero-order valence-corrected chi connectivity index (χ0v) is 18.7. The van der Waals surface area contributed by atoms with Crippen molar-refractivity contribution in [2.24, 2.45) is 0 Å². The van der Waals surface area contributed by atoms with Crippen LogP contribution in [0.4, 0.5) is 10.8 Å². The van der Waals surface area contributed by atoms with Gasteiger partial charge in [0.25, 0.3) is 0 Å². The number of carbonyl (C=O) groups excluding carboxylic acids is 1. The van der Waals surface area contributed by atoms with Crippen molar-refractivity contribution in [2.75, 3.05) is 11.5 Å². The van der Waals surface area contributed by atoms with Crippen LogP contribution in [0.3, 0.4) is 0 Å². The number of amides is 1. The predicted molar refractivity (Wildman–Crippen MR) is 128 cm³/mol. The zero-order valence-electron chi connectivity index (χ0n) is 17.9. The number of benzene rings is 2. The van der Waals surface area contributed by atoms with E-state index >= 15 is 0 Å². The number of para-hydroxylation sites is 1. The second kappa shape index (κ2) is 8.43. The summed E-state index contributed by atoms with van der Waals surface area (Å²) >= 11 is 1.50. The second-order valence-corrected chi connectivity index (χ2v) is 8.46. The number of anilines is 2. The number of imidazole rings is 1. The fourth-order valence-electron chi connectivity index (χ4n) is 3.70. The van der Waals surface area contributed by atoms with Crippen molar-refractivity contribution < 1.29 is 9.53 Å². The number of aromatic nitrogens is 3. The number of hydrogen-bond donors (Lipinski definition) is 0. The predicted octanol–water partition coefficient (Wildman–Crippen LogP) is 5.56. The lowest BCUT2D eigenvalue weighted by Gasteiger charge is -2.20. The lowest BCUT2D eigenvalue weighted by atomic mass is 10.2. The Balaban J connectivity index is 1.53. The van der Waals surface area contributed by atoms with E-state index in [4.69, 9.17) is 9.72 Å². The molecule has 3 heterocycles. The van der Waals surface area contributed by atoms with E-state index < -0.39 is 0 Å². The van der Waals surface area contributed by atoms with Gasteiger partial charge in [-0.2, -0.15) is 0 Å². The highest BCUT2D eigenvalue weighted by Crippen LogP contribution is 2.34. The maximum atomic E-state index is 13.6. The Hall–Kier alpha value is -3.71. The maximum absolute atomic E-state index is 13.6. The van der Waals surface area contributed by atoms with Crippen molar-refractivity contribution in [3.63, 3.8) is 0 Å². The quantitative estimate of drug-likeness (QED) is 0.345. The third kappa shape index (κ3) is 3.83. The molecule has 3 aromatic heterocycles. The Bertz CT molecular complexity index is 1370. The number of ether oxygens (including phenoxy) is 1. The van der Waals surface area contributed by atoms with Gasteiger partial charge in [0.15, 0.2) is 5.13 Å². The molecule has 7 heteroatoms. The topological polar surface area (TPSA) is 59.7 Å². The van der Waals surface area contributed by atoms with Crippen LogP contribution in [-0.2, 0) is 11.2 Å². The highest BCUT2D eigenvalue weighted by Gasteiger charge is 2.23. The molecule has 160 valence electrons. The Morgan fingerprint density at radius 1 is 1.06 bits per heavy atom. The average molecular weight is 443 g/mol. The number of fused-ring (bicyclic) bond motifs is 2. The first kappa shape index (κ1) is 20.2. The zero-order chi connectivity index (χ0) is 22.1. The number of aryl methyl sites for hydroxylation is 1. The van der Waals surface area contributed by atoms with E-state index in [9.17, 15) is 4.79 Å². The fraction of sp³-hybridized carbons (Fsp3) is 0.160. The van der Waals surface area contributed by atoms with Crippen molar-refractivity contribution in [3.05, 3.63) is 84.3 Å². The van der Waals surface area contributed by atoms with Crippen LogP contribution in [-0.4, -0.2) is 26.9 Å². The maximum Gasteiger partial charge on any atom is 0.239 e. The van der Waals surface area contributed by atoms with Crippen LogP contribution in [0.2, 0.25) is 0 Å². The lowest BCUT2D eigenvalue weighted by molar-refractivity contribution is -0.117. The van der Waals surface area contributed by atoms with Crippen molar-refractivity contribution in [1.82, 2.24) is 14.4 Å². The van der Waals surface area contributed by atoms with E-state index in [-0.39, 0.29) is 12.3 Å². The molecular weight excluding hydrogens is 420 g/mol. The van der Waals surface area contributed by atoms with E-state index in [1.165, 1.54) is 11.3 Å². The first-order valence-corrected chi connectivity index (χ1v) is 11.3. The minimum absolute atomic E-state index is 0.0886. The molecule has 2 aromatic carbocycles. The first-order chi connectivity index (χ1) is 15.6. The summed E-state index contributed by atoms with van der Waals surface area (Å²) in [5, 5.41) is 0.639. The van der Waals surface area contributed by atoms with Gasteiger partial charge in [-0.3, -0.25) is 9.69 Å². The normalized spacial score (nSPS) is 11.2. The number of hydrogen-bond acceptors (Lipinski definition) is 5. The van der Waals surface area contributed by atoms with Crippen LogP contribution in [0.5, 0.6) is 5.75 Å². The minimum Gasteiger partial charge on any atom is -0.494 e. The average Bonchev–Trinajstić information content (AvgIpc) is 3.40. The van der Waals surface area contributed by atoms with Gasteiger partial charge < -0.3 is 9.14 Å². The number of thiazole rings is 1. The van der Waals surface area contributed by atoms with Crippen molar-refractivity contribution in [1.29, 1.82) is 0 Å². The summed E-state index contributed by atoms with van der Waals surface area (Å²) in [5.74, 6) is 0.679. The van der Waals surface area contributed by atoms with Crippen LogP contribution < -0.4 is 9.64 Å². The minimum atomic E-state index is -0.0886. The summed E-state index contributed by atoms with van der Waals surface area (Å²) in [6, 6.07) is 19.4. The Kier molecular flexibility index (Phi) is 5.33. The fourth-order valence-corrected chi connectivity index (χ4v) is 4.70. The summed E-state index contributed by atoms with van der Waals surface area (Å²) in [5.41, 5.74) is 4.28. The number of carbonyl (C=O) groups is 1. The van der Waals surface area contributed by atoms with Gasteiger partial charge in [0.1, 0.15) is 11.4 Å². The standard InChI is InChI=1S/C25H22N4O2S/c1-3-31-20-12-10-19(11-13-20)29(25-27-21-8-4-5-9-22(21)32-25)23(30)15-18-16-28-14-6-7-17(2)24(28)26-18/h4-14,16H,3,15H2,1-2H3. The summed E-state index contributed by atoms with van der Waals surface area (Å²) in [4.78, 5) is 24.7. The molecule has 32 heavy (non-hydrogen) atoms. The Labute approximate surface area is 189 Å². The number of pyridine rings is 1. The third-order valence-electron chi connectivity index (χ3n) is 5.19. The SMILES string of the molecule is CCOc1ccc(N(C(=O)Cc2cn3cccc(C)c3n2)c2nc3ccccc3s2)cc1. The highest BCUT2D eigenvalue weighted by molar-refractivity contribution is 7.22. The van der Waals surface area contributed by atoms with Crippen LogP contribution in [0.25, 0.3) is 15.9 Å². The molecule has 5 rings (SSSR count). The van der Waals surface area contributed by atoms with E-state index in [1.54, 1.807) is 4.90 Å². The molecular formula is C25H22N4O2S. The molecule has 5 aromatic rings. The largest absolute Gasteiger partial charge is 0.494 e. The summed E-state index contributed by atoms with van der Waals surface area (Å²) in [6.07, 6.45) is 4.03. The highest BCUT2D eigenvalue weighted by atomic mass is 32.1. The first-order valence-electron chi connectivity index (χ1n) is 10.5. The molecule has 0 bridgehead atoms. The van der Waals surface area contributed by atoms with Crippen LogP contribution in [0, 0.1) is 6.92 Å². The Morgan fingerprint density at radius 2 is 1.88 bits per heavy atom. The van der Waals surface area contributed by atoms with E-state index in [2.05, 4.69) is 4.98 Å². The van der Waals surface area contributed by atoms with Gasteiger partial charge in [-0.1, -0.05) is 29.5 Å². The molecule has 0 atom stereocenters. The van der Waals surface area contributed by atoms with Crippen LogP contribution in [0.15, 0.2) is 73.1 Å². The second-order valence-electron chi connectivity index (χ2n) is 7.45. The van der Waals surface area contributed by atoms with Gasteiger partial charge in [0.2, 0.25) is 5.91 Å². The molecule has 0 radical (unpaired) electrons.